The van der Waals surface area contributed by atoms with E-state index in [1.165, 1.54) is 27.8 Å². The summed E-state index contributed by atoms with van der Waals surface area (Å²) < 4.78 is 29.5. The molecule has 4 aromatic rings. The van der Waals surface area contributed by atoms with Gasteiger partial charge in [0.1, 0.15) is 0 Å². The fraction of sp³-hybridized carbons (Fsp3) is 0.231. The summed E-state index contributed by atoms with van der Waals surface area (Å²) in [5.41, 5.74) is 2.21. The first-order valence-electron chi connectivity index (χ1n) is 11.4. The van der Waals surface area contributed by atoms with Crippen molar-refractivity contribution in [3.05, 3.63) is 88.4 Å². The minimum atomic E-state index is -3.55. The lowest BCUT2D eigenvalue weighted by molar-refractivity contribution is 0.0985. The van der Waals surface area contributed by atoms with Gasteiger partial charge in [-0.2, -0.15) is 4.31 Å². The van der Waals surface area contributed by atoms with Gasteiger partial charge in [-0.25, -0.2) is 13.4 Å². The molecule has 1 aromatic heterocycles. The second-order valence-corrected chi connectivity index (χ2v) is 12.3. The van der Waals surface area contributed by atoms with Gasteiger partial charge in [-0.05, 0) is 60.9 Å². The summed E-state index contributed by atoms with van der Waals surface area (Å²) in [5.74, 6) is -0.228. The van der Waals surface area contributed by atoms with Gasteiger partial charge in [0, 0.05) is 23.1 Å². The molecule has 2 heterocycles. The second-order valence-electron chi connectivity index (χ2n) is 8.47. The second kappa shape index (κ2) is 10.2. The van der Waals surface area contributed by atoms with Crippen molar-refractivity contribution in [3.8, 4) is 0 Å². The molecule has 0 N–H and O–H groups in total. The van der Waals surface area contributed by atoms with Crippen molar-refractivity contribution < 1.29 is 13.2 Å². The number of anilines is 1. The molecule has 0 spiro atoms. The molecular weight excluding hydrogens is 546 g/mol. The van der Waals surface area contributed by atoms with Gasteiger partial charge in [0.25, 0.3) is 5.91 Å². The fourth-order valence-corrected chi connectivity index (χ4v) is 7.21. The Kier molecular flexibility index (Phi) is 7.02. The van der Waals surface area contributed by atoms with Crippen molar-refractivity contribution in [3.63, 3.8) is 0 Å². The Balaban J connectivity index is 1.47. The number of thiazole rings is 1. The lowest BCUT2D eigenvalue weighted by Crippen LogP contribution is -2.35. The third kappa shape index (κ3) is 5.18. The Morgan fingerprint density at radius 1 is 0.971 bits per heavy atom. The van der Waals surface area contributed by atoms with Crippen LogP contribution in [0.2, 0.25) is 0 Å². The Bertz CT molecular complexity index is 1450. The molecule has 0 atom stereocenters. The van der Waals surface area contributed by atoms with Crippen LogP contribution in [0.4, 0.5) is 5.13 Å². The molecule has 0 radical (unpaired) electrons. The number of rotatable bonds is 6. The summed E-state index contributed by atoms with van der Waals surface area (Å²) >= 11 is 4.94. The van der Waals surface area contributed by atoms with E-state index < -0.39 is 10.0 Å². The van der Waals surface area contributed by atoms with Crippen molar-refractivity contribution >= 4 is 58.5 Å². The predicted molar refractivity (Wildman–Crippen MR) is 143 cm³/mol. The lowest BCUT2D eigenvalue weighted by Gasteiger charge is -2.26. The highest BCUT2D eigenvalue weighted by atomic mass is 79.9. The normalized spacial score (nSPS) is 14.8. The average molecular weight is 571 g/mol. The summed E-state index contributed by atoms with van der Waals surface area (Å²) in [5, 5.41) is 0.594. The number of carbonyl (C=O) groups is 1. The molecule has 1 fully saturated rings. The zero-order valence-electron chi connectivity index (χ0n) is 18.9. The van der Waals surface area contributed by atoms with Crippen LogP contribution in [0, 0.1) is 0 Å². The quantitative estimate of drug-likeness (QED) is 0.282. The van der Waals surface area contributed by atoms with Gasteiger partial charge in [0.15, 0.2) is 5.13 Å². The standard InChI is InChI=1S/C26H24BrN3O3S2/c27-21-11-14-23-24(17-21)34-26(28-23)30(18-19-7-3-1-4-8-19)25(31)20-9-12-22(13-10-20)35(32,33)29-15-5-2-6-16-29/h1,3-4,7-14,17H,2,5-6,15-16,18H2. The molecule has 5 rings (SSSR count). The first-order valence-corrected chi connectivity index (χ1v) is 14.5. The van der Waals surface area contributed by atoms with Crippen LogP contribution < -0.4 is 4.90 Å². The third-order valence-corrected chi connectivity index (χ3v) is 9.50. The Hall–Kier alpha value is -2.59. The maximum atomic E-state index is 13.7. The van der Waals surface area contributed by atoms with E-state index in [1.54, 1.807) is 17.0 Å². The van der Waals surface area contributed by atoms with E-state index in [9.17, 15) is 13.2 Å². The van der Waals surface area contributed by atoms with Crippen molar-refractivity contribution in [2.45, 2.75) is 30.7 Å². The molecule has 0 unspecified atom stereocenters. The molecule has 35 heavy (non-hydrogen) atoms. The van der Waals surface area contributed by atoms with Crippen LogP contribution >= 0.6 is 27.3 Å². The van der Waals surface area contributed by atoms with Crippen LogP contribution in [-0.2, 0) is 16.6 Å². The van der Waals surface area contributed by atoms with Crippen molar-refractivity contribution in [1.82, 2.24) is 9.29 Å². The van der Waals surface area contributed by atoms with Crippen LogP contribution in [0.1, 0.15) is 35.2 Å². The lowest BCUT2D eigenvalue weighted by atomic mass is 10.1. The van der Waals surface area contributed by atoms with Gasteiger partial charge < -0.3 is 0 Å². The van der Waals surface area contributed by atoms with Crippen LogP contribution in [0.25, 0.3) is 10.2 Å². The van der Waals surface area contributed by atoms with E-state index in [-0.39, 0.29) is 10.8 Å². The molecule has 0 aliphatic carbocycles. The number of carbonyl (C=O) groups excluding carboxylic acids is 1. The average Bonchev–Trinajstić information content (AvgIpc) is 3.31. The molecular formula is C26H24BrN3O3S2. The number of piperidine rings is 1. The topological polar surface area (TPSA) is 70.6 Å². The van der Waals surface area contributed by atoms with Gasteiger partial charge >= 0.3 is 0 Å². The smallest absolute Gasteiger partial charge is 0.260 e. The number of amides is 1. The SMILES string of the molecule is O=C(c1ccc(S(=O)(=O)N2CCCCC2)cc1)N(Cc1ccccc1)c1nc2ccc(Br)cc2s1. The highest BCUT2D eigenvalue weighted by Gasteiger charge is 2.27. The predicted octanol–water partition coefficient (Wildman–Crippen LogP) is 6.08. The van der Waals surface area contributed by atoms with E-state index in [4.69, 9.17) is 4.98 Å². The Morgan fingerprint density at radius 2 is 1.69 bits per heavy atom. The molecule has 180 valence electrons. The van der Waals surface area contributed by atoms with Crippen LogP contribution in [0.3, 0.4) is 0 Å². The summed E-state index contributed by atoms with van der Waals surface area (Å²) in [6, 6.07) is 21.9. The molecule has 1 amide bonds. The maximum Gasteiger partial charge on any atom is 0.260 e. The monoisotopic (exact) mass is 569 g/mol. The number of hydrogen-bond donors (Lipinski definition) is 0. The minimum absolute atomic E-state index is 0.218. The third-order valence-electron chi connectivity index (χ3n) is 6.05. The first kappa shape index (κ1) is 24.1. The zero-order valence-corrected chi connectivity index (χ0v) is 22.2. The van der Waals surface area contributed by atoms with Crippen molar-refractivity contribution in [2.24, 2.45) is 0 Å². The molecule has 0 saturated carbocycles. The van der Waals surface area contributed by atoms with Crippen molar-refractivity contribution in [2.75, 3.05) is 18.0 Å². The molecule has 1 saturated heterocycles. The summed E-state index contributed by atoms with van der Waals surface area (Å²) in [6.07, 6.45) is 2.81. The zero-order chi connectivity index (χ0) is 24.4. The molecule has 6 nitrogen and oxygen atoms in total. The van der Waals surface area contributed by atoms with Gasteiger partial charge in [-0.1, -0.05) is 64.0 Å². The highest BCUT2D eigenvalue weighted by molar-refractivity contribution is 9.10. The largest absolute Gasteiger partial charge is 0.279 e. The van der Waals surface area contributed by atoms with Gasteiger partial charge in [-0.3, -0.25) is 9.69 Å². The number of benzene rings is 3. The number of sulfonamides is 1. The molecule has 9 heteroatoms. The van der Waals surface area contributed by atoms with E-state index in [0.717, 1.165) is 39.5 Å². The van der Waals surface area contributed by atoms with Crippen LogP contribution in [-0.4, -0.2) is 36.7 Å². The number of aromatic nitrogens is 1. The van der Waals surface area contributed by atoms with E-state index in [1.807, 2.05) is 48.5 Å². The number of nitrogens with zero attached hydrogens (tertiary/aromatic N) is 3. The molecule has 3 aromatic carbocycles. The van der Waals surface area contributed by atoms with E-state index >= 15 is 0 Å². The fourth-order valence-electron chi connectivity index (χ4n) is 4.17. The summed E-state index contributed by atoms with van der Waals surface area (Å²) in [4.78, 5) is 20.3. The van der Waals surface area contributed by atoms with Crippen LogP contribution in [0.15, 0.2) is 82.2 Å². The van der Waals surface area contributed by atoms with Gasteiger partial charge in [0.05, 0.1) is 21.7 Å². The summed E-state index contributed by atoms with van der Waals surface area (Å²) in [7, 11) is -3.55. The summed E-state index contributed by atoms with van der Waals surface area (Å²) in [6.45, 7) is 1.44. The van der Waals surface area contributed by atoms with E-state index in [0.29, 0.717) is 30.3 Å². The Morgan fingerprint density at radius 3 is 2.40 bits per heavy atom. The maximum absolute atomic E-state index is 13.7. The molecule has 1 aliphatic rings. The van der Waals surface area contributed by atoms with Crippen molar-refractivity contribution in [1.29, 1.82) is 0 Å². The number of fused-ring (bicyclic) bond motifs is 1. The minimum Gasteiger partial charge on any atom is -0.279 e. The molecule has 1 aliphatic heterocycles. The van der Waals surface area contributed by atoms with E-state index in [2.05, 4.69) is 15.9 Å². The number of hydrogen-bond acceptors (Lipinski definition) is 5. The Labute approximate surface area is 217 Å². The van der Waals surface area contributed by atoms with Gasteiger partial charge in [0.2, 0.25) is 10.0 Å². The number of halogens is 1. The van der Waals surface area contributed by atoms with Crippen LogP contribution in [0.5, 0.6) is 0 Å². The molecule has 0 bridgehead atoms. The first-order chi connectivity index (χ1) is 16.9. The van der Waals surface area contributed by atoms with Gasteiger partial charge in [-0.15, -0.1) is 0 Å². The highest BCUT2D eigenvalue weighted by Crippen LogP contribution is 2.33.